The van der Waals surface area contributed by atoms with Gasteiger partial charge in [-0.1, -0.05) is 0 Å². The fourth-order valence-corrected chi connectivity index (χ4v) is 0.468. The Morgan fingerprint density at radius 1 is 1.33 bits per heavy atom. The van der Waals surface area contributed by atoms with Gasteiger partial charge in [0, 0.05) is 6.61 Å². The van der Waals surface area contributed by atoms with E-state index in [1.807, 2.05) is 0 Å². The van der Waals surface area contributed by atoms with Crippen LogP contribution in [0.25, 0.3) is 0 Å². The van der Waals surface area contributed by atoms with Gasteiger partial charge in [0.25, 0.3) is 0 Å². The standard InChI is InChI=1S/C5H13NO3/c6-4(3-8)5(9)1-2-7/h4-5,7-9H,1-3,6H2. The van der Waals surface area contributed by atoms with Crippen molar-refractivity contribution in [1.29, 1.82) is 0 Å². The molecule has 0 heterocycles. The predicted molar refractivity (Wildman–Crippen MR) is 32.8 cm³/mol. The highest BCUT2D eigenvalue weighted by Gasteiger charge is 2.11. The summed E-state index contributed by atoms with van der Waals surface area (Å²) in [6.45, 7) is -0.351. The Morgan fingerprint density at radius 2 is 1.89 bits per heavy atom. The Hall–Kier alpha value is -0.160. The summed E-state index contributed by atoms with van der Waals surface area (Å²) in [5.41, 5.74) is 5.19. The molecule has 0 rings (SSSR count). The van der Waals surface area contributed by atoms with Crippen LogP contribution in [0, 0.1) is 0 Å². The van der Waals surface area contributed by atoms with E-state index >= 15 is 0 Å². The number of aliphatic hydroxyl groups is 3. The van der Waals surface area contributed by atoms with E-state index in [9.17, 15) is 0 Å². The second kappa shape index (κ2) is 4.69. The molecule has 0 bridgehead atoms. The summed E-state index contributed by atoms with van der Waals surface area (Å²) >= 11 is 0. The molecule has 0 aromatic carbocycles. The molecule has 0 saturated carbocycles. The van der Waals surface area contributed by atoms with Crippen LogP contribution in [0.3, 0.4) is 0 Å². The monoisotopic (exact) mass is 135 g/mol. The van der Waals surface area contributed by atoms with Crippen molar-refractivity contribution in [2.24, 2.45) is 5.73 Å². The van der Waals surface area contributed by atoms with E-state index in [1.165, 1.54) is 0 Å². The van der Waals surface area contributed by atoms with Gasteiger partial charge < -0.3 is 21.1 Å². The van der Waals surface area contributed by atoms with Crippen LogP contribution in [0.2, 0.25) is 0 Å². The van der Waals surface area contributed by atoms with Crippen LogP contribution in [0.4, 0.5) is 0 Å². The van der Waals surface area contributed by atoms with Crippen LogP contribution >= 0.6 is 0 Å². The van der Waals surface area contributed by atoms with Gasteiger partial charge in [-0.3, -0.25) is 0 Å². The molecular weight excluding hydrogens is 122 g/mol. The van der Waals surface area contributed by atoms with Crippen molar-refractivity contribution in [2.45, 2.75) is 18.6 Å². The maximum atomic E-state index is 8.87. The second-order valence-corrected chi connectivity index (χ2v) is 1.93. The van der Waals surface area contributed by atoms with E-state index < -0.39 is 12.1 Å². The third-order valence-electron chi connectivity index (χ3n) is 1.13. The Labute approximate surface area is 53.9 Å². The second-order valence-electron chi connectivity index (χ2n) is 1.93. The van der Waals surface area contributed by atoms with Gasteiger partial charge in [0.2, 0.25) is 0 Å². The zero-order chi connectivity index (χ0) is 7.28. The van der Waals surface area contributed by atoms with Crippen molar-refractivity contribution < 1.29 is 15.3 Å². The van der Waals surface area contributed by atoms with Crippen LogP contribution in [0.15, 0.2) is 0 Å². The highest BCUT2D eigenvalue weighted by Crippen LogP contribution is 1.93. The van der Waals surface area contributed by atoms with Crippen molar-refractivity contribution in [2.75, 3.05) is 13.2 Å². The first-order valence-corrected chi connectivity index (χ1v) is 2.87. The minimum Gasteiger partial charge on any atom is -0.396 e. The molecule has 0 spiro atoms. The Kier molecular flexibility index (Phi) is 4.61. The maximum Gasteiger partial charge on any atom is 0.0735 e. The SMILES string of the molecule is NC(CO)C(O)CCO. The minimum absolute atomic E-state index is 0.102. The zero-order valence-electron chi connectivity index (χ0n) is 5.20. The molecule has 0 saturated heterocycles. The molecule has 0 amide bonds. The summed E-state index contributed by atoms with van der Waals surface area (Å²) in [6.07, 6.45) is -0.568. The molecule has 56 valence electrons. The number of nitrogens with two attached hydrogens (primary N) is 1. The molecular formula is C5H13NO3. The Morgan fingerprint density at radius 3 is 2.22 bits per heavy atom. The number of aliphatic hydroxyl groups excluding tert-OH is 3. The highest BCUT2D eigenvalue weighted by atomic mass is 16.3. The van der Waals surface area contributed by atoms with Gasteiger partial charge in [-0.15, -0.1) is 0 Å². The molecule has 0 aliphatic heterocycles. The van der Waals surface area contributed by atoms with E-state index in [2.05, 4.69) is 0 Å². The van der Waals surface area contributed by atoms with Gasteiger partial charge in [-0.2, -0.15) is 0 Å². The van der Waals surface area contributed by atoms with Crippen LogP contribution in [-0.4, -0.2) is 40.7 Å². The van der Waals surface area contributed by atoms with Gasteiger partial charge in [0.1, 0.15) is 0 Å². The first-order chi connectivity index (χ1) is 4.22. The quantitative estimate of drug-likeness (QED) is 0.361. The van der Waals surface area contributed by atoms with E-state index in [-0.39, 0.29) is 19.6 Å². The Balaban J connectivity index is 3.32. The van der Waals surface area contributed by atoms with Gasteiger partial charge in [-0.25, -0.2) is 0 Å². The lowest BCUT2D eigenvalue weighted by atomic mass is 10.1. The molecule has 2 atom stereocenters. The lowest BCUT2D eigenvalue weighted by Gasteiger charge is -2.14. The summed E-state index contributed by atoms with van der Waals surface area (Å²) in [5.74, 6) is 0. The third-order valence-corrected chi connectivity index (χ3v) is 1.13. The number of hydrogen-bond acceptors (Lipinski definition) is 4. The van der Waals surface area contributed by atoms with E-state index in [4.69, 9.17) is 21.1 Å². The molecule has 0 radical (unpaired) electrons. The van der Waals surface area contributed by atoms with E-state index in [0.29, 0.717) is 0 Å². The van der Waals surface area contributed by atoms with Crippen LogP contribution < -0.4 is 5.73 Å². The number of rotatable bonds is 4. The van der Waals surface area contributed by atoms with Gasteiger partial charge in [0.15, 0.2) is 0 Å². The molecule has 2 unspecified atom stereocenters. The first-order valence-electron chi connectivity index (χ1n) is 2.87. The van der Waals surface area contributed by atoms with Gasteiger partial charge in [0.05, 0.1) is 18.8 Å². The normalized spacial score (nSPS) is 17.3. The van der Waals surface area contributed by atoms with Crippen LogP contribution in [0.5, 0.6) is 0 Å². The fourth-order valence-electron chi connectivity index (χ4n) is 0.468. The molecule has 0 aliphatic carbocycles. The van der Waals surface area contributed by atoms with Crippen molar-refractivity contribution >= 4 is 0 Å². The van der Waals surface area contributed by atoms with E-state index in [0.717, 1.165) is 0 Å². The molecule has 0 aromatic heterocycles. The van der Waals surface area contributed by atoms with Crippen molar-refractivity contribution in [3.8, 4) is 0 Å². The maximum absolute atomic E-state index is 8.87. The summed E-state index contributed by atoms with van der Waals surface area (Å²) in [5, 5.41) is 25.5. The largest absolute Gasteiger partial charge is 0.396 e. The third kappa shape index (κ3) is 3.42. The molecule has 0 fully saturated rings. The first kappa shape index (κ1) is 8.84. The fraction of sp³-hybridized carbons (Fsp3) is 1.00. The molecule has 0 aliphatic rings. The molecule has 5 N–H and O–H groups in total. The highest BCUT2D eigenvalue weighted by molar-refractivity contribution is 4.69. The smallest absolute Gasteiger partial charge is 0.0735 e. The van der Waals surface area contributed by atoms with Crippen molar-refractivity contribution in [3.05, 3.63) is 0 Å². The van der Waals surface area contributed by atoms with Gasteiger partial charge >= 0.3 is 0 Å². The summed E-state index contributed by atoms with van der Waals surface area (Å²) in [7, 11) is 0. The van der Waals surface area contributed by atoms with Gasteiger partial charge in [-0.05, 0) is 6.42 Å². The van der Waals surface area contributed by atoms with Crippen molar-refractivity contribution in [3.63, 3.8) is 0 Å². The average molecular weight is 135 g/mol. The predicted octanol–water partition coefficient (Wildman–Crippen LogP) is -1.95. The Bertz CT molecular complexity index is 69.2. The summed E-state index contributed by atoms with van der Waals surface area (Å²) in [6, 6.07) is -0.628. The summed E-state index contributed by atoms with van der Waals surface area (Å²) < 4.78 is 0. The zero-order valence-corrected chi connectivity index (χ0v) is 5.20. The molecule has 0 aromatic rings. The lowest BCUT2D eigenvalue weighted by Crippen LogP contribution is -2.38. The van der Waals surface area contributed by atoms with Crippen LogP contribution in [0.1, 0.15) is 6.42 Å². The molecule has 4 nitrogen and oxygen atoms in total. The van der Waals surface area contributed by atoms with E-state index in [1.54, 1.807) is 0 Å². The topological polar surface area (TPSA) is 86.7 Å². The van der Waals surface area contributed by atoms with Crippen molar-refractivity contribution in [1.82, 2.24) is 0 Å². The molecule has 9 heavy (non-hydrogen) atoms. The van der Waals surface area contributed by atoms with Crippen LogP contribution in [-0.2, 0) is 0 Å². The number of hydrogen-bond donors (Lipinski definition) is 4. The average Bonchev–Trinajstić information content (AvgIpc) is 1.87. The molecule has 4 heteroatoms. The minimum atomic E-state index is -0.792. The lowest BCUT2D eigenvalue weighted by molar-refractivity contribution is 0.0838. The summed E-state index contributed by atoms with van der Waals surface area (Å²) in [4.78, 5) is 0.